The second kappa shape index (κ2) is 4.26. The summed E-state index contributed by atoms with van der Waals surface area (Å²) in [5, 5.41) is 19.5. The first-order valence-electron chi connectivity index (χ1n) is 4.76. The lowest BCUT2D eigenvalue weighted by Crippen LogP contribution is -2.14. The van der Waals surface area contributed by atoms with Crippen molar-refractivity contribution in [2.75, 3.05) is 25.1 Å². The molecule has 7 heteroatoms. The molecule has 2 heterocycles. The summed E-state index contributed by atoms with van der Waals surface area (Å²) < 4.78 is 5.21. The number of rotatable bonds is 4. The highest BCUT2D eigenvalue weighted by molar-refractivity contribution is 5.55. The predicted octanol–water partition coefficient (Wildman–Crippen LogP) is 0.766. The van der Waals surface area contributed by atoms with Gasteiger partial charge in [-0.05, 0) is 11.3 Å². The van der Waals surface area contributed by atoms with Crippen molar-refractivity contribution in [2.45, 2.75) is 6.42 Å². The van der Waals surface area contributed by atoms with Crippen molar-refractivity contribution in [3.05, 3.63) is 16.3 Å². The van der Waals surface area contributed by atoms with Crippen LogP contribution in [-0.4, -0.2) is 34.9 Å². The van der Waals surface area contributed by atoms with Crippen molar-refractivity contribution in [3.8, 4) is 0 Å². The molecule has 1 aromatic rings. The number of anilines is 1. The van der Waals surface area contributed by atoms with Crippen LogP contribution in [0.1, 0.15) is 6.42 Å². The van der Waals surface area contributed by atoms with Gasteiger partial charge in [-0.2, -0.15) is 0 Å². The van der Waals surface area contributed by atoms with Crippen molar-refractivity contribution in [2.24, 2.45) is 5.92 Å². The Hall–Kier alpha value is -1.63. The summed E-state index contributed by atoms with van der Waals surface area (Å²) in [6.45, 7) is 2.18. The molecule has 2 rings (SSSR count). The van der Waals surface area contributed by atoms with Gasteiger partial charge in [0.15, 0.2) is 5.69 Å². The van der Waals surface area contributed by atoms with Gasteiger partial charge in [0, 0.05) is 19.1 Å². The van der Waals surface area contributed by atoms with E-state index < -0.39 is 4.92 Å². The third-order valence-corrected chi connectivity index (χ3v) is 2.41. The number of ether oxygens (including phenoxy) is 1. The normalized spacial score (nSPS) is 20.4. The summed E-state index contributed by atoms with van der Waals surface area (Å²) >= 11 is 0. The maximum atomic E-state index is 10.5. The van der Waals surface area contributed by atoms with Crippen LogP contribution in [0.3, 0.4) is 0 Å². The zero-order chi connectivity index (χ0) is 10.7. The Morgan fingerprint density at radius 1 is 1.80 bits per heavy atom. The van der Waals surface area contributed by atoms with Crippen molar-refractivity contribution in [1.29, 1.82) is 0 Å². The quantitative estimate of drug-likeness (QED) is 0.567. The van der Waals surface area contributed by atoms with Gasteiger partial charge in [-0.1, -0.05) is 5.10 Å². The summed E-state index contributed by atoms with van der Waals surface area (Å²) in [6.07, 6.45) is 2.42. The fourth-order valence-corrected chi connectivity index (χ4v) is 1.55. The highest BCUT2D eigenvalue weighted by Crippen LogP contribution is 2.21. The van der Waals surface area contributed by atoms with Gasteiger partial charge in [0.25, 0.3) is 0 Å². The third kappa shape index (κ3) is 2.24. The molecule has 1 atom stereocenters. The zero-order valence-electron chi connectivity index (χ0n) is 8.10. The number of aromatic nitrogens is 2. The highest BCUT2D eigenvalue weighted by atomic mass is 16.6. The molecule has 0 spiro atoms. The molecule has 2 N–H and O–H groups in total. The molecule has 15 heavy (non-hydrogen) atoms. The average molecular weight is 212 g/mol. The minimum absolute atomic E-state index is 0.0890. The first-order valence-corrected chi connectivity index (χ1v) is 4.76. The topological polar surface area (TPSA) is 93.1 Å². The number of H-pyrrole nitrogens is 1. The Balaban J connectivity index is 1.92. The maximum absolute atomic E-state index is 10.5. The van der Waals surface area contributed by atoms with E-state index in [0.717, 1.165) is 19.6 Å². The van der Waals surface area contributed by atoms with Gasteiger partial charge in [-0.3, -0.25) is 0 Å². The van der Waals surface area contributed by atoms with Crippen LogP contribution in [0.2, 0.25) is 0 Å². The second-order valence-electron chi connectivity index (χ2n) is 3.50. The molecule has 0 aliphatic carbocycles. The molecular weight excluding hydrogens is 200 g/mol. The Bertz CT molecular complexity index is 345. The van der Waals surface area contributed by atoms with Crippen molar-refractivity contribution in [1.82, 2.24) is 10.2 Å². The van der Waals surface area contributed by atoms with E-state index in [1.807, 2.05) is 0 Å². The number of nitrogens with zero attached hydrogens (tertiary/aromatic N) is 2. The van der Waals surface area contributed by atoms with Crippen LogP contribution in [0.5, 0.6) is 0 Å². The molecule has 7 nitrogen and oxygen atoms in total. The second-order valence-corrected chi connectivity index (χ2v) is 3.50. The van der Waals surface area contributed by atoms with Crippen LogP contribution in [0.4, 0.5) is 11.5 Å². The largest absolute Gasteiger partial charge is 0.381 e. The van der Waals surface area contributed by atoms with Crippen molar-refractivity contribution >= 4 is 11.5 Å². The molecular formula is C8H12N4O3. The van der Waals surface area contributed by atoms with E-state index in [0.29, 0.717) is 18.2 Å². The molecule has 0 saturated carbocycles. The van der Waals surface area contributed by atoms with E-state index in [1.165, 1.54) is 6.20 Å². The fraction of sp³-hybridized carbons (Fsp3) is 0.625. The SMILES string of the molecule is O=[N+]([O-])c1[nH]ncc1NCC1CCOC1. The zero-order valence-corrected chi connectivity index (χ0v) is 8.10. The third-order valence-electron chi connectivity index (χ3n) is 2.41. The highest BCUT2D eigenvalue weighted by Gasteiger charge is 2.19. The van der Waals surface area contributed by atoms with Gasteiger partial charge in [-0.25, -0.2) is 0 Å². The van der Waals surface area contributed by atoms with E-state index in [9.17, 15) is 10.1 Å². The summed E-state index contributed by atoms with van der Waals surface area (Å²) in [4.78, 5) is 10.1. The van der Waals surface area contributed by atoms with E-state index in [4.69, 9.17) is 4.74 Å². The van der Waals surface area contributed by atoms with E-state index in [-0.39, 0.29) is 5.82 Å². The van der Waals surface area contributed by atoms with Gasteiger partial charge >= 0.3 is 5.82 Å². The molecule has 0 amide bonds. The maximum Gasteiger partial charge on any atom is 0.366 e. The minimum Gasteiger partial charge on any atom is -0.381 e. The van der Waals surface area contributed by atoms with Crippen LogP contribution in [0, 0.1) is 16.0 Å². The lowest BCUT2D eigenvalue weighted by Gasteiger charge is -2.08. The van der Waals surface area contributed by atoms with Crippen LogP contribution in [-0.2, 0) is 4.74 Å². The number of hydrogen-bond acceptors (Lipinski definition) is 5. The Labute approximate surface area is 86.0 Å². The average Bonchev–Trinajstić information content (AvgIpc) is 2.86. The molecule has 1 aliphatic rings. The Morgan fingerprint density at radius 3 is 3.33 bits per heavy atom. The number of nitro groups is 1. The predicted molar refractivity (Wildman–Crippen MR) is 52.7 cm³/mol. The molecule has 1 aromatic heterocycles. The summed E-state index contributed by atoms with van der Waals surface area (Å²) in [5.74, 6) is 0.341. The van der Waals surface area contributed by atoms with Crippen LogP contribution in [0.25, 0.3) is 0 Å². The standard InChI is InChI=1S/C8H12N4O3/c13-12(14)8-7(4-10-11-8)9-3-6-1-2-15-5-6/h4,6,9H,1-3,5H2,(H,10,11). The van der Waals surface area contributed by atoms with E-state index in [1.54, 1.807) is 0 Å². The lowest BCUT2D eigenvalue weighted by atomic mass is 10.1. The van der Waals surface area contributed by atoms with Crippen LogP contribution in [0.15, 0.2) is 6.20 Å². The molecule has 1 saturated heterocycles. The molecule has 0 bridgehead atoms. The number of aromatic amines is 1. The van der Waals surface area contributed by atoms with Crippen LogP contribution >= 0.6 is 0 Å². The summed E-state index contributed by atoms with van der Waals surface area (Å²) in [6, 6.07) is 0. The minimum atomic E-state index is -0.486. The monoisotopic (exact) mass is 212 g/mol. The Kier molecular flexibility index (Phi) is 2.82. The summed E-state index contributed by atoms with van der Waals surface area (Å²) in [7, 11) is 0. The molecule has 1 aliphatic heterocycles. The number of hydrogen-bond donors (Lipinski definition) is 2. The first-order chi connectivity index (χ1) is 7.27. The fourth-order valence-electron chi connectivity index (χ4n) is 1.55. The molecule has 82 valence electrons. The van der Waals surface area contributed by atoms with Crippen molar-refractivity contribution < 1.29 is 9.66 Å². The van der Waals surface area contributed by atoms with Gasteiger partial charge in [-0.15, -0.1) is 5.10 Å². The van der Waals surface area contributed by atoms with E-state index >= 15 is 0 Å². The van der Waals surface area contributed by atoms with Gasteiger partial charge in [0.2, 0.25) is 0 Å². The van der Waals surface area contributed by atoms with Crippen molar-refractivity contribution in [3.63, 3.8) is 0 Å². The summed E-state index contributed by atoms with van der Waals surface area (Å²) in [5.41, 5.74) is 0.437. The van der Waals surface area contributed by atoms with Gasteiger partial charge in [0.1, 0.15) is 6.20 Å². The molecule has 1 unspecified atom stereocenters. The molecule has 0 aromatic carbocycles. The molecule has 1 fully saturated rings. The first kappa shape index (κ1) is 9.91. The van der Waals surface area contributed by atoms with Gasteiger partial charge < -0.3 is 20.2 Å². The number of nitrogens with one attached hydrogen (secondary N) is 2. The Morgan fingerprint density at radius 2 is 2.67 bits per heavy atom. The molecule has 0 radical (unpaired) electrons. The van der Waals surface area contributed by atoms with Gasteiger partial charge in [0.05, 0.1) is 6.61 Å². The van der Waals surface area contributed by atoms with E-state index in [2.05, 4.69) is 15.5 Å². The van der Waals surface area contributed by atoms with Crippen LogP contribution < -0.4 is 5.32 Å². The smallest absolute Gasteiger partial charge is 0.366 e. The lowest BCUT2D eigenvalue weighted by molar-refractivity contribution is -0.388.